The number of nitrogens with two attached hydrogens (primary N) is 1. The number of anilines is 4. The fraction of sp³-hybridized carbons (Fsp3) is 0.476. The minimum Gasteiger partial charge on any atom is -0.393 e. The molecule has 166 valence electrons. The molecular formula is C21H28ClN7O2. The van der Waals surface area contributed by atoms with Crippen LogP contribution in [0.5, 0.6) is 0 Å². The van der Waals surface area contributed by atoms with Crippen molar-refractivity contribution in [1.82, 2.24) is 15.3 Å². The van der Waals surface area contributed by atoms with Crippen LogP contribution in [0.1, 0.15) is 36.2 Å². The summed E-state index contributed by atoms with van der Waals surface area (Å²) in [6.45, 7) is 3.87. The summed E-state index contributed by atoms with van der Waals surface area (Å²) in [6.07, 6.45) is 2.83. The van der Waals surface area contributed by atoms with Gasteiger partial charge in [-0.05, 0) is 49.9 Å². The molecule has 0 spiro atoms. The SMILES string of the molecule is NC(=O)c1nc(Cl)c(NC2CCC(O)CC2)nc1Nc1ccc(N2CCNCC2)cc1. The lowest BCUT2D eigenvalue weighted by Gasteiger charge is -2.29. The van der Waals surface area contributed by atoms with E-state index >= 15 is 0 Å². The Balaban J connectivity index is 1.52. The molecule has 0 radical (unpaired) electrons. The normalized spacial score (nSPS) is 21.5. The van der Waals surface area contributed by atoms with Crippen molar-refractivity contribution in [2.45, 2.75) is 37.8 Å². The van der Waals surface area contributed by atoms with E-state index in [0.29, 0.717) is 5.82 Å². The van der Waals surface area contributed by atoms with Gasteiger partial charge in [0.05, 0.1) is 6.10 Å². The summed E-state index contributed by atoms with van der Waals surface area (Å²) in [7, 11) is 0. The molecule has 1 aromatic carbocycles. The molecule has 9 nitrogen and oxygen atoms in total. The highest BCUT2D eigenvalue weighted by Crippen LogP contribution is 2.29. The lowest BCUT2D eigenvalue weighted by Crippen LogP contribution is -2.43. The highest BCUT2D eigenvalue weighted by atomic mass is 35.5. The van der Waals surface area contributed by atoms with Crippen molar-refractivity contribution in [3.63, 3.8) is 0 Å². The number of aromatic nitrogens is 2. The number of amides is 1. The molecule has 0 unspecified atom stereocenters. The number of primary amides is 1. The van der Waals surface area contributed by atoms with Gasteiger partial charge in [0.1, 0.15) is 0 Å². The summed E-state index contributed by atoms with van der Waals surface area (Å²) in [6, 6.07) is 8.09. The first-order valence-corrected chi connectivity index (χ1v) is 11.0. The molecule has 10 heteroatoms. The van der Waals surface area contributed by atoms with E-state index in [0.717, 1.165) is 63.2 Å². The predicted octanol–water partition coefficient (Wildman–Crippen LogP) is 2.10. The van der Waals surface area contributed by atoms with E-state index in [1.807, 2.05) is 24.3 Å². The van der Waals surface area contributed by atoms with Crippen molar-refractivity contribution in [3.05, 3.63) is 35.1 Å². The van der Waals surface area contributed by atoms with E-state index in [9.17, 15) is 9.90 Å². The Labute approximate surface area is 186 Å². The average molecular weight is 446 g/mol. The first kappa shape index (κ1) is 21.6. The van der Waals surface area contributed by atoms with Crippen LogP contribution < -0.4 is 26.6 Å². The van der Waals surface area contributed by atoms with Crippen LogP contribution in [0, 0.1) is 0 Å². The zero-order valence-electron chi connectivity index (χ0n) is 17.3. The number of aliphatic hydroxyl groups excluding tert-OH is 1. The molecule has 4 rings (SSSR count). The Morgan fingerprint density at radius 1 is 1.10 bits per heavy atom. The smallest absolute Gasteiger partial charge is 0.271 e. The molecule has 2 fully saturated rings. The van der Waals surface area contributed by atoms with Crippen molar-refractivity contribution in [1.29, 1.82) is 0 Å². The van der Waals surface area contributed by atoms with Crippen LogP contribution in [0.2, 0.25) is 5.15 Å². The number of benzene rings is 1. The monoisotopic (exact) mass is 445 g/mol. The Bertz CT molecular complexity index is 911. The molecule has 1 aliphatic heterocycles. The van der Waals surface area contributed by atoms with E-state index in [4.69, 9.17) is 17.3 Å². The molecule has 0 bridgehead atoms. The fourth-order valence-corrected chi connectivity index (χ4v) is 4.18. The number of piperazine rings is 1. The molecule has 6 N–H and O–H groups in total. The highest BCUT2D eigenvalue weighted by molar-refractivity contribution is 6.32. The maximum atomic E-state index is 11.9. The molecule has 1 aliphatic carbocycles. The van der Waals surface area contributed by atoms with E-state index in [1.165, 1.54) is 0 Å². The van der Waals surface area contributed by atoms with Gasteiger partial charge in [0.2, 0.25) is 0 Å². The maximum absolute atomic E-state index is 11.9. The Hall–Kier alpha value is -2.62. The van der Waals surface area contributed by atoms with Gasteiger partial charge >= 0.3 is 0 Å². The van der Waals surface area contributed by atoms with E-state index in [-0.39, 0.29) is 28.8 Å². The second-order valence-corrected chi connectivity index (χ2v) is 8.34. The second kappa shape index (κ2) is 9.67. The van der Waals surface area contributed by atoms with Crippen LogP contribution in [0.25, 0.3) is 0 Å². The summed E-state index contributed by atoms with van der Waals surface area (Å²) in [5, 5.41) is 19.6. The van der Waals surface area contributed by atoms with Gasteiger partial charge in [0.25, 0.3) is 5.91 Å². The van der Waals surface area contributed by atoms with Crippen LogP contribution in [0.4, 0.5) is 23.0 Å². The van der Waals surface area contributed by atoms with Gasteiger partial charge in [-0.1, -0.05) is 11.6 Å². The topological polar surface area (TPSA) is 128 Å². The zero-order valence-corrected chi connectivity index (χ0v) is 18.0. The Morgan fingerprint density at radius 3 is 2.42 bits per heavy atom. The number of rotatable bonds is 6. The fourth-order valence-electron chi connectivity index (χ4n) is 3.99. The summed E-state index contributed by atoms with van der Waals surface area (Å²) >= 11 is 6.27. The maximum Gasteiger partial charge on any atom is 0.271 e. The predicted molar refractivity (Wildman–Crippen MR) is 122 cm³/mol. The lowest BCUT2D eigenvalue weighted by atomic mass is 9.93. The average Bonchev–Trinajstić information content (AvgIpc) is 2.78. The van der Waals surface area contributed by atoms with Gasteiger partial charge in [-0.25, -0.2) is 9.97 Å². The largest absolute Gasteiger partial charge is 0.393 e. The van der Waals surface area contributed by atoms with Crippen LogP contribution in [-0.4, -0.2) is 59.3 Å². The summed E-state index contributed by atoms with van der Waals surface area (Å²) in [4.78, 5) is 22.9. The number of nitrogens with zero attached hydrogens (tertiary/aromatic N) is 3. The highest BCUT2D eigenvalue weighted by Gasteiger charge is 2.23. The summed E-state index contributed by atoms with van der Waals surface area (Å²) in [5.74, 6) is -0.0557. The molecule has 2 aromatic rings. The number of carbonyl (C=O) groups is 1. The minimum atomic E-state index is -0.707. The quantitative estimate of drug-likeness (QED) is 0.457. The van der Waals surface area contributed by atoms with Crippen molar-refractivity contribution in [3.8, 4) is 0 Å². The van der Waals surface area contributed by atoms with Crippen molar-refractivity contribution >= 4 is 40.5 Å². The first-order chi connectivity index (χ1) is 15.0. The zero-order chi connectivity index (χ0) is 21.8. The molecule has 1 amide bonds. The van der Waals surface area contributed by atoms with Crippen LogP contribution in [0.3, 0.4) is 0 Å². The third kappa shape index (κ3) is 5.36. The first-order valence-electron chi connectivity index (χ1n) is 10.6. The van der Waals surface area contributed by atoms with Gasteiger partial charge in [0.15, 0.2) is 22.5 Å². The number of hydrogen-bond acceptors (Lipinski definition) is 8. The van der Waals surface area contributed by atoms with Gasteiger partial charge in [0, 0.05) is 43.6 Å². The van der Waals surface area contributed by atoms with Crippen molar-refractivity contribution in [2.24, 2.45) is 5.73 Å². The van der Waals surface area contributed by atoms with E-state index < -0.39 is 5.91 Å². The third-order valence-corrected chi connectivity index (χ3v) is 6.00. The molecular weight excluding hydrogens is 418 g/mol. The van der Waals surface area contributed by atoms with Gasteiger partial charge < -0.3 is 31.7 Å². The van der Waals surface area contributed by atoms with E-state index in [2.05, 4.69) is 30.8 Å². The lowest BCUT2D eigenvalue weighted by molar-refractivity contribution is 0.0996. The molecule has 2 heterocycles. The minimum absolute atomic E-state index is 0.0132. The Morgan fingerprint density at radius 2 is 1.77 bits per heavy atom. The van der Waals surface area contributed by atoms with Gasteiger partial charge in [-0.3, -0.25) is 4.79 Å². The van der Waals surface area contributed by atoms with E-state index in [1.54, 1.807) is 0 Å². The second-order valence-electron chi connectivity index (χ2n) is 7.98. The number of aliphatic hydroxyl groups is 1. The molecule has 1 aromatic heterocycles. The van der Waals surface area contributed by atoms with Crippen LogP contribution in [-0.2, 0) is 0 Å². The number of nitrogens with one attached hydrogen (secondary N) is 3. The number of halogens is 1. The van der Waals surface area contributed by atoms with Gasteiger partial charge in [-0.2, -0.15) is 0 Å². The molecule has 1 saturated carbocycles. The van der Waals surface area contributed by atoms with Crippen LogP contribution in [0.15, 0.2) is 24.3 Å². The molecule has 2 aliphatic rings. The third-order valence-electron chi connectivity index (χ3n) is 5.74. The van der Waals surface area contributed by atoms with Gasteiger partial charge in [-0.15, -0.1) is 0 Å². The molecule has 1 saturated heterocycles. The Kier molecular flexibility index (Phi) is 6.74. The summed E-state index contributed by atoms with van der Waals surface area (Å²) in [5.41, 5.74) is 7.41. The van der Waals surface area contributed by atoms with Crippen molar-refractivity contribution < 1.29 is 9.90 Å². The molecule has 31 heavy (non-hydrogen) atoms. The van der Waals surface area contributed by atoms with Crippen molar-refractivity contribution in [2.75, 3.05) is 41.7 Å². The number of carbonyl (C=O) groups excluding carboxylic acids is 1. The summed E-state index contributed by atoms with van der Waals surface area (Å²) < 4.78 is 0. The standard InChI is InChI=1S/C21H28ClN7O2/c22-18-21(26-14-3-7-16(30)8-4-14)28-20(17(27-18)19(23)31)25-13-1-5-15(6-2-13)29-11-9-24-10-12-29/h1-2,5-6,14,16,24,30H,3-4,7-12H2,(H2,23,31)(H2,25,26,28). The van der Waals surface area contributed by atoms with Crippen LogP contribution >= 0.6 is 11.6 Å². The number of hydrogen-bond donors (Lipinski definition) is 5. The molecule has 0 atom stereocenters.